The summed E-state index contributed by atoms with van der Waals surface area (Å²) in [4.78, 5) is 0. The summed E-state index contributed by atoms with van der Waals surface area (Å²) in [6.07, 6.45) is 1.53. The van der Waals surface area contributed by atoms with E-state index in [1.165, 1.54) is 17.2 Å². The first-order chi connectivity index (χ1) is 11.3. The van der Waals surface area contributed by atoms with Crippen molar-refractivity contribution in [1.29, 1.82) is 0 Å². The molecule has 2 aromatic carbocycles. The molecule has 2 aromatic rings. The van der Waals surface area contributed by atoms with E-state index >= 15 is 0 Å². The van der Waals surface area contributed by atoms with E-state index in [-0.39, 0.29) is 17.0 Å². The fourth-order valence-electron chi connectivity index (χ4n) is 2.46. The fourth-order valence-corrected chi connectivity index (χ4v) is 3.67. The average molecular weight is 469 g/mol. The van der Waals surface area contributed by atoms with Crippen molar-refractivity contribution in [1.82, 2.24) is 0 Å². The van der Waals surface area contributed by atoms with Gasteiger partial charge in [0.05, 0.1) is 10.0 Å². The molecule has 0 aliphatic rings. The van der Waals surface area contributed by atoms with Crippen LogP contribution < -0.4 is 4.74 Å². The number of ether oxygens (including phenoxy) is 1. The Kier molecular flexibility index (Phi) is 7.33. The molecule has 0 aliphatic heterocycles. The van der Waals surface area contributed by atoms with Crippen LogP contribution in [0.2, 0.25) is 10.0 Å². The molecule has 1 unspecified atom stereocenters. The summed E-state index contributed by atoms with van der Waals surface area (Å²) in [7, 11) is 0. The summed E-state index contributed by atoms with van der Waals surface area (Å²) in [6.45, 7) is 4.40. The van der Waals surface area contributed by atoms with Gasteiger partial charge in [-0.05, 0) is 54.0 Å². The molecule has 0 amide bonds. The molecule has 0 aliphatic carbocycles. The topological polar surface area (TPSA) is 9.23 Å². The first kappa shape index (κ1) is 19.9. The molecule has 0 radical (unpaired) electrons. The maximum atomic E-state index is 6.34. The van der Waals surface area contributed by atoms with E-state index in [0.717, 1.165) is 10.0 Å². The molecule has 128 valence electrons. The molecule has 0 saturated carbocycles. The van der Waals surface area contributed by atoms with Crippen LogP contribution in [0.1, 0.15) is 29.5 Å². The van der Waals surface area contributed by atoms with Crippen molar-refractivity contribution < 1.29 is 4.74 Å². The van der Waals surface area contributed by atoms with Gasteiger partial charge in [-0.3, -0.25) is 0 Å². The first-order valence-corrected chi connectivity index (χ1v) is 9.49. The van der Waals surface area contributed by atoms with Crippen molar-refractivity contribution in [2.75, 3.05) is 6.61 Å². The van der Waals surface area contributed by atoms with Crippen LogP contribution in [0.5, 0.6) is 5.75 Å². The Morgan fingerprint density at radius 2 is 1.79 bits per heavy atom. The third kappa shape index (κ3) is 5.06. The van der Waals surface area contributed by atoms with Crippen LogP contribution >= 0.6 is 62.3 Å². The Balaban J connectivity index is 2.30. The summed E-state index contributed by atoms with van der Waals surface area (Å²) in [5, 5.41) is 0.913. The van der Waals surface area contributed by atoms with E-state index in [2.05, 4.69) is 41.9 Å². The van der Waals surface area contributed by atoms with Gasteiger partial charge in [-0.15, -0.1) is 0 Å². The van der Waals surface area contributed by atoms with Gasteiger partial charge in [0.15, 0.2) is 5.75 Å². The van der Waals surface area contributed by atoms with E-state index in [9.17, 15) is 0 Å². The largest absolute Gasteiger partial charge is 0.486 e. The van der Waals surface area contributed by atoms with E-state index in [0.29, 0.717) is 15.8 Å². The number of hydrogen-bond acceptors (Lipinski definition) is 1. The number of benzene rings is 2. The molecule has 0 fully saturated rings. The van der Waals surface area contributed by atoms with Gasteiger partial charge in [-0.25, -0.2) is 0 Å². The molecule has 0 spiro atoms. The van der Waals surface area contributed by atoms with Crippen LogP contribution in [-0.4, -0.2) is 6.61 Å². The second kappa shape index (κ2) is 8.82. The first-order valence-electron chi connectivity index (χ1n) is 7.18. The van der Waals surface area contributed by atoms with Gasteiger partial charge in [0.25, 0.3) is 0 Å². The zero-order chi connectivity index (χ0) is 17.9. The third-order valence-electron chi connectivity index (χ3n) is 3.68. The lowest BCUT2D eigenvalue weighted by molar-refractivity contribution is 0.363. The van der Waals surface area contributed by atoms with E-state index in [1.807, 2.05) is 18.2 Å². The monoisotopic (exact) mass is 466 g/mol. The predicted octanol–water partition coefficient (Wildman–Crippen LogP) is 7.91. The van der Waals surface area contributed by atoms with Crippen molar-refractivity contribution in [3.63, 3.8) is 0 Å². The Morgan fingerprint density at radius 1 is 1.17 bits per heavy atom. The second-order valence-electron chi connectivity index (χ2n) is 5.34. The zero-order valence-corrected chi connectivity index (χ0v) is 17.7. The highest BCUT2D eigenvalue weighted by Gasteiger charge is 2.16. The van der Waals surface area contributed by atoms with Gasteiger partial charge in [0, 0.05) is 10.4 Å². The minimum absolute atomic E-state index is 0.137. The molecule has 2 rings (SSSR count). The Morgan fingerprint density at radius 3 is 2.33 bits per heavy atom. The van der Waals surface area contributed by atoms with Gasteiger partial charge >= 0.3 is 0 Å². The molecule has 1 nitrogen and oxygen atoms in total. The number of halogens is 5. The maximum absolute atomic E-state index is 6.34. The molecule has 0 bridgehead atoms. The Bertz CT molecular complexity index is 747. The summed E-state index contributed by atoms with van der Waals surface area (Å²) < 4.78 is 6.74. The molecule has 0 aromatic heterocycles. The molecule has 0 heterocycles. The predicted molar refractivity (Wildman–Crippen MR) is 108 cm³/mol. The van der Waals surface area contributed by atoms with E-state index in [1.54, 1.807) is 0 Å². The Hall–Kier alpha value is -0.380. The van der Waals surface area contributed by atoms with Gasteiger partial charge in [-0.2, -0.15) is 0 Å². The van der Waals surface area contributed by atoms with E-state index in [4.69, 9.17) is 51.1 Å². The number of hydrogen-bond donors (Lipinski definition) is 0. The van der Waals surface area contributed by atoms with Crippen LogP contribution in [0, 0.1) is 6.92 Å². The van der Waals surface area contributed by atoms with Gasteiger partial charge in [0.2, 0.25) is 0 Å². The van der Waals surface area contributed by atoms with Crippen LogP contribution in [0.15, 0.2) is 45.4 Å². The molecule has 0 saturated heterocycles. The minimum atomic E-state index is 0.137. The fraction of sp³-hybridized carbons (Fsp3) is 0.222. The summed E-state index contributed by atoms with van der Waals surface area (Å²) in [5.74, 6) is 0.576. The lowest BCUT2D eigenvalue weighted by atomic mass is 9.90. The normalized spacial score (nSPS) is 12.0. The lowest BCUT2D eigenvalue weighted by Gasteiger charge is -2.18. The molecule has 24 heavy (non-hydrogen) atoms. The molecule has 6 heteroatoms. The molecule has 1 atom stereocenters. The quantitative estimate of drug-likeness (QED) is 0.433. The van der Waals surface area contributed by atoms with Crippen molar-refractivity contribution in [3.05, 3.63) is 72.1 Å². The van der Waals surface area contributed by atoms with Crippen molar-refractivity contribution >= 4 is 62.3 Å². The van der Waals surface area contributed by atoms with Gasteiger partial charge in [-0.1, -0.05) is 75.3 Å². The summed E-state index contributed by atoms with van der Waals surface area (Å²) in [5.41, 5.74) is 3.44. The van der Waals surface area contributed by atoms with Crippen LogP contribution in [-0.2, 0) is 0 Å². The van der Waals surface area contributed by atoms with Crippen LogP contribution in [0.4, 0.5) is 0 Å². The SMILES string of the molecule is Cc1cc(Br)ccc1C(C)c1cc(Cl)c(OCC=C(Cl)Cl)c(Cl)c1. The second-order valence-corrected chi connectivity index (χ2v) is 8.08. The smallest absolute Gasteiger partial charge is 0.156 e. The highest BCUT2D eigenvalue weighted by atomic mass is 79.9. The summed E-state index contributed by atoms with van der Waals surface area (Å²) >= 11 is 27.3. The third-order valence-corrected chi connectivity index (χ3v) is 5.05. The van der Waals surface area contributed by atoms with Crippen LogP contribution in [0.3, 0.4) is 0 Å². The molecular weight excluding hydrogens is 454 g/mol. The average Bonchev–Trinajstić information content (AvgIpc) is 2.49. The number of aryl methyl sites for hydroxylation is 1. The van der Waals surface area contributed by atoms with Crippen molar-refractivity contribution in [2.45, 2.75) is 19.8 Å². The highest BCUT2D eigenvalue weighted by Crippen LogP contribution is 2.38. The zero-order valence-electron chi connectivity index (χ0n) is 13.0. The van der Waals surface area contributed by atoms with Crippen molar-refractivity contribution in [2.24, 2.45) is 0 Å². The maximum Gasteiger partial charge on any atom is 0.156 e. The van der Waals surface area contributed by atoms with Gasteiger partial charge < -0.3 is 4.74 Å². The number of rotatable bonds is 5. The highest BCUT2D eigenvalue weighted by molar-refractivity contribution is 9.10. The Labute approximate surface area is 170 Å². The van der Waals surface area contributed by atoms with E-state index < -0.39 is 0 Å². The molecule has 0 N–H and O–H groups in total. The summed E-state index contributed by atoms with van der Waals surface area (Å²) in [6, 6.07) is 9.97. The van der Waals surface area contributed by atoms with Crippen LogP contribution in [0.25, 0.3) is 0 Å². The van der Waals surface area contributed by atoms with Crippen molar-refractivity contribution in [3.8, 4) is 5.75 Å². The van der Waals surface area contributed by atoms with Gasteiger partial charge in [0.1, 0.15) is 11.1 Å². The molecular formula is C18H15BrCl4O. The lowest BCUT2D eigenvalue weighted by Crippen LogP contribution is -2.01. The minimum Gasteiger partial charge on any atom is -0.486 e. The standard InChI is InChI=1S/C18H15BrCl4O/c1-10-7-13(19)3-4-14(10)11(2)12-8-15(20)18(16(21)9-12)24-6-5-17(22)23/h3-5,7-9,11H,6H2,1-2H3.